The molecule has 1 amide bonds. The van der Waals surface area contributed by atoms with E-state index in [2.05, 4.69) is 5.32 Å². The first-order chi connectivity index (χ1) is 7.66. The van der Waals surface area contributed by atoms with Gasteiger partial charge in [-0.25, -0.2) is 4.39 Å². The molecule has 4 heteroatoms. The minimum absolute atomic E-state index is 0.218. The molecule has 1 saturated carbocycles. The minimum atomic E-state index is -0.443. The van der Waals surface area contributed by atoms with Gasteiger partial charge in [0.2, 0.25) is 0 Å². The molecule has 1 fully saturated rings. The summed E-state index contributed by atoms with van der Waals surface area (Å²) in [6, 6.07) is 3.82. The SMILES string of the molecule is Nc1ccc(F)cc1C(=O)NCCC1CC1. The molecule has 0 unspecified atom stereocenters. The molecule has 3 N–H and O–H groups in total. The molecule has 0 atom stereocenters. The molecule has 1 aromatic rings. The zero-order chi connectivity index (χ0) is 11.5. The minimum Gasteiger partial charge on any atom is -0.398 e. The van der Waals surface area contributed by atoms with Crippen LogP contribution in [0.5, 0.6) is 0 Å². The number of benzene rings is 1. The van der Waals surface area contributed by atoms with Crippen molar-refractivity contribution in [2.75, 3.05) is 12.3 Å². The van der Waals surface area contributed by atoms with Crippen LogP contribution < -0.4 is 11.1 Å². The molecular formula is C12H15FN2O. The van der Waals surface area contributed by atoms with E-state index in [1.54, 1.807) is 0 Å². The third-order valence-corrected chi connectivity index (χ3v) is 2.80. The van der Waals surface area contributed by atoms with Crippen LogP contribution in [0, 0.1) is 11.7 Å². The quantitative estimate of drug-likeness (QED) is 0.765. The van der Waals surface area contributed by atoms with E-state index in [0.29, 0.717) is 12.2 Å². The first-order valence-electron chi connectivity index (χ1n) is 5.50. The van der Waals surface area contributed by atoms with E-state index in [0.717, 1.165) is 12.3 Å². The largest absolute Gasteiger partial charge is 0.398 e. The first-order valence-corrected chi connectivity index (χ1v) is 5.50. The van der Waals surface area contributed by atoms with E-state index in [1.165, 1.54) is 31.0 Å². The lowest BCUT2D eigenvalue weighted by atomic mass is 10.1. The monoisotopic (exact) mass is 222 g/mol. The van der Waals surface area contributed by atoms with Crippen molar-refractivity contribution in [3.05, 3.63) is 29.6 Å². The van der Waals surface area contributed by atoms with Crippen molar-refractivity contribution in [3.8, 4) is 0 Å². The molecule has 16 heavy (non-hydrogen) atoms. The normalized spacial score (nSPS) is 14.8. The number of anilines is 1. The van der Waals surface area contributed by atoms with Crippen LogP contribution >= 0.6 is 0 Å². The van der Waals surface area contributed by atoms with E-state index >= 15 is 0 Å². The molecule has 0 aliphatic heterocycles. The lowest BCUT2D eigenvalue weighted by Crippen LogP contribution is -2.25. The van der Waals surface area contributed by atoms with Gasteiger partial charge in [0, 0.05) is 12.2 Å². The van der Waals surface area contributed by atoms with E-state index in [4.69, 9.17) is 5.73 Å². The van der Waals surface area contributed by atoms with E-state index in [9.17, 15) is 9.18 Å². The maximum absolute atomic E-state index is 12.9. The summed E-state index contributed by atoms with van der Waals surface area (Å²) in [6.07, 6.45) is 3.52. The van der Waals surface area contributed by atoms with Crippen LogP contribution in [0.4, 0.5) is 10.1 Å². The zero-order valence-electron chi connectivity index (χ0n) is 9.00. The number of amides is 1. The molecule has 0 bridgehead atoms. The topological polar surface area (TPSA) is 55.1 Å². The van der Waals surface area contributed by atoms with Gasteiger partial charge < -0.3 is 11.1 Å². The Labute approximate surface area is 93.8 Å². The molecule has 86 valence electrons. The van der Waals surface area contributed by atoms with Crippen molar-refractivity contribution in [1.29, 1.82) is 0 Å². The Hall–Kier alpha value is -1.58. The molecule has 0 radical (unpaired) electrons. The Morgan fingerprint density at radius 1 is 1.50 bits per heavy atom. The highest BCUT2D eigenvalue weighted by molar-refractivity contribution is 5.99. The number of nitrogen functional groups attached to an aromatic ring is 1. The van der Waals surface area contributed by atoms with E-state index in [-0.39, 0.29) is 11.5 Å². The van der Waals surface area contributed by atoms with Crippen molar-refractivity contribution < 1.29 is 9.18 Å². The van der Waals surface area contributed by atoms with Crippen molar-refractivity contribution in [2.24, 2.45) is 5.92 Å². The Morgan fingerprint density at radius 2 is 2.25 bits per heavy atom. The highest BCUT2D eigenvalue weighted by atomic mass is 19.1. The van der Waals surface area contributed by atoms with Crippen molar-refractivity contribution >= 4 is 11.6 Å². The second-order valence-electron chi connectivity index (χ2n) is 4.22. The summed E-state index contributed by atoms with van der Waals surface area (Å²) >= 11 is 0. The molecule has 0 aromatic heterocycles. The smallest absolute Gasteiger partial charge is 0.253 e. The van der Waals surface area contributed by atoms with E-state index < -0.39 is 5.82 Å². The highest BCUT2D eigenvalue weighted by Crippen LogP contribution is 2.31. The van der Waals surface area contributed by atoms with Crippen molar-refractivity contribution in [1.82, 2.24) is 5.32 Å². The van der Waals surface area contributed by atoms with Gasteiger partial charge in [-0.1, -0.05) is 12.8 Å². The van der Waals surface area contributed by atoms with Gasteiger partial charge in [-0.15, -0.1) is 0 Å². The molecule has 1 aliphatic rings. The maximum Gasteiger partial charge on any atom is 0.253 e. The predicted molar refractivity (Wildman–Crippen MR) is 60.5 cm³/mol. The number of rotatable bonds is 4. The van der Waals surface area contributed by atoms with Gasteiger partial charge in [0.05, 0.1) is 5.56 Å². The average molecular weight is 222 g/mol. The van der Waals surface area contributed by atoms with Gasteiger partial charge in [0.1, 0.15) is 5.82 Å². The Morgan fingerprint density at radius 3 is 2.94 bits per heavy atom. The van der Waals surface area contributed by atoms with E-state index in [1.807, 2.05) is 0 Å². The first kappa shape index (κ1) is 10.9. The summed E-state index contributed by atoms with van der Waals surface area (Å²) in [5.74, 6) is 0.0318. The third-order valence-electron chi connectivity index (χ3n) is 2.80. The summed E-state index contributed by atoms with van der Waals surface area (Å²) in [7, 11) is 0. The number of halogens is 1. The average Bonchev–Trinajstić information content (AvgIpc) is 3.05. The Bertz CT molecular complexity index is 402. The lowest BCUT2D eigenvalue weighted by molar-refractivity contribution is 0.0953. The van der Waals surface area contributed by atoms with Crippen molar-refractivity contribution in [2.45, 2.75) is 19.3 Å². The number of nitrogens with one attached hydrogen (secondary N) is 1. The summed E-state index contributed by atoms with van der Waals surface area (Å²) in [5, 5.41) is 2.75. The van der Waals surface area contributed by atoms with Crippen LogP contribution in [0.1, 0.15) is 29.6 Å². The van der Waals surface area contributed by atoms with Crippen LogP contribution in [0.15, 0.2) is 18.2 Å². The zero-order valence-corrected chi connectivity index (χ0v) is 9.00. The molecular weight excluding hydrogens is 207 g/mol. The fraction of sp³-hybridized carbons (Fsp3) is 0.417. The molecule has 0 heterocycles. The van der Waals surface area contributed by atoms with Gasteiger partial charge in [-0.2, -0.15) is 0 Å². The Balaban J connectivity index is 1.93. The number of hydrogen-bond donors (Lipinski definition) is 2. The molecule has 0 saturated heterocycles. The lowest BCUT2D eigenvalue weighted by Gasteiger charge is -2.07. The van der Waals surface area contributed by atoms with Crippen LogP contribution in [-0.2, 0) is 0 Å². The van der Waals surface area contributed by atoms with Gasteiger partial charge in [0.15, 0.2) is 0 Å². The van der Waals surface area contributed by atoms with Gasteiger partial charge >= 0.3 is 0 Å². The van der Waals surface area contributed by atoms with Crippen LogP contribution in [0.2, 0.25) is 0 Å². The number of carbonyl (C=O) groups excluding carboxylic acids is 1. The number of carbonyl (C=O) groups is 1. The number of hydrogen-bond acceptors (Lipinski definition) is 2. The third kappa shape index (κ3) is 2.72. The van der Waals surface area contributed by atoms with Crippen molar-refractivity contribution in [3.63, 3.8) is 0 Å². The highest BCUT2D eigenvalue weighted by Gasteiger charge is 2.20. The molecule has 3 nitrogen and oxygen atoms in total. The summed E-state index contributed by atoms with van der Waals surface area (Å²) < 4.78 is 12.9. The van der Waals surface area contributed by atoms with Gasteiger partial charge in [-0.3, -0.25) is 4.79 Å². The summed E-state index contributed by atoms with van der Waals surface area (Å²) in [5.41, 5.74) is 6.14. The van der Waals surface area contributed by atoms with Crippen LogP contribution in [0.3, 0.4) is 0 Å². The second kappa shape index (κ2) is 4.51. The number of nitrogens with two attached hydrogens (primary N) is 1. The molecule has 2 rings (SSSR count). The standard InChI is InChI=1S/C12H15FN2O/c13-9-3-4-11(14)10(7-9)12(16)15-6-5-8-1-2-8/h3-4,7-8H,1-2,5-6,14H2,(H,15,16). The summed E-state index contributed by atoms with van der Waals surface area (Å²) in [6.45, 7) is 0.638. The van der Waals surface area contributed by atoms with Gasteiger partial charge in [-0.05, 0) is 30.5 Å². The van der Waals surface area contributed by atoms with Crippen LogP contribution in [0.25, 0.3) is 0 Å². The van der Waals surface area contributed by atoms with Crippen LogP contribution in [-0.4, -0.2) is 12.5 Å². The molecule has 1 aliphatic carbocycles. The molecule has 0 spiro atoms. The second-order valence-corrected chi connectivity index (χ2v) is 4.22. The fourth-order valence-corrected chi connectivity index (χ4v) is 1.62. The molecule has 1 aromatic carbocycles. The predicted octanol–water partition coefficient (Wildman–Crippen LogP) is 1.94. The summed E-state index contributed by atoms with van der Waals surface area (Å²) in [4.78, 5) is 11.7. The maximum atomic E-state index is 12.9. The van der Waals surface area contributed by atoms with Gasteiger partial charge in [0.25, 0.3) is 5.91 Å². The fourth-order valence-electron chi connectivity index (χ4n) is 1.62. The Kier molecular flexibility index (Phi) is 3.08.